The molecule has 6 nitrogen and oxygen atoms in total. The normalized spacial score (nSPS) is 13.9. The number of carbonyl (C=O) groups is 1. The highest BCUT2D eigenvalue weighted by Gasteiger charge is 2.24. The molecular weight excluding hydrogens is 386 g/mol. The van der Waals surface area contributed by atoms with E-state index in [0.717, 1.165) is 52.2 Å². The molecule has 6 heteroatoms. The summed E-state index contributed by atoms with van der Waals surface area (Å²) in [6.45, 7) is 3.62. The summed E-state index contributed by atoms with van der Waals surface area (Å²) < 4.78 is 0. The molecule has 0 amide bonds. The van der Waals surface area contributed by atoms with Crippen molar-refractivity contribution in [3.05, 3.63) is 83.9 Å². The molecule has 0 bridgehead atoms. The van der Waals surface area contributed by atoms with Crippen LogP contribution in [0.25, 0.3) is 22.0 Å². The van der Waals surface area contributed by atoms with Crippen LogP contribution in [0.4, 0.5) is 5.82 Å². The Morgan fingerprint density at radius 3 is 2.61 bits per heavy atom. The minimum absolute atomic E-state index is 0.0642. The van der Waals surface area contributed by atoms with Crippen LogP contribution in [-0.2, 0) is 6.42 Å². The minimum atomic E-state index is 0.0642. The van der Waals surface area contributed by atoms with Crippen molar-refractivity contribution in [2.45, 2.75) is 19.4 Å². The van der Waals surface area contributed by atoms with Gasteiger partial charge in [0.15, 0.2) is 5.78 Å². The van der Waals surface area contributed by atoms with E-state index in [1.165, 1.54) is 0 Å². The van der Waals surface area contributed by atoms with Gasteiger partial charge >= 0.3 is 0 Å². The first-order valence-electron chi connectivity index (χ1n) is 10.4. The lowest BCUT2D eigenvalue weighted by Gasteiger charge is -2.37. The summed E-state index contributed by atoms with van der Waals surface area (Å²) in [5, 5.41) is 2.05. The molecule has 2 N–H and O–H groups in total. The molecule has 0 unspecified atom stereocenters. The van der Waals surface area contributed by atoms with E-state index in [2.05, 4.69) is 20.9 Å². The lowest BCUT2D eigenvalue weighted by Crippen LogP contribution is -2.56. The Morgan fingerprint density at radius 1 is 1.03 bits per heavy atom. The van der Waals surface area contributed by atoms with Gasteiger partial charge in [-0.2, -0.15) is 0 Å². The third-order valence-electron chi connectivity index (χ3n) is 5.64. The highest BCUT2D eigenvalue weighted by atomic mass is 16.1. The zero-order valence-electron chi connectivity index (χ0n) is 17.3. The Morgan fingerprint density at radius 2 is 1.84 bits per heavy atom. The molecule has 5 rings (SSSR count). The highest BCUT2D eigenvalue weighted by Crippen LogP contribution is 2.26. The third-order valence-corrected chi connectivity index (χ3v) is 5.64. The Balaban J connectivity index is 1.41. The van der Waals surface area contributed by atoms with Gasteiger partial charge in [0.05, 0.1) is 24.5 Å². The van der Waals surface area contributed by atoms with Gasteiger partial charge < -0.3 is 10.6 Å². The standard InChI is InChI=1S/C25H23N5O/c1-16-2-4-17(5-3-16)24(31)10-22-9-20-8-18(6-7-19(20)11-28-22)23-12-27-13-25(29-23)30-14-21(26)15-30/h2-9,11-13,21H,10,14-15,26H2,1H3. The number of aryl methyl sites for hydroxylation is 1. The maximum Gasteiger partial charge on any atom is 0.168 e. The second-order valence-electron chi connectivity index (χ2n) is 8.13. The molecular formula is C25H23N5O. The number of nitrogens with zero attached hydrogens (tertiary/aromatic N) is 4. The zero-order valence-corrected chi connectivity index (χ0v) is 17.3. The molecule has 1 aliphatic rings. The molecule has 154 valence electrons. The second-order valence-corrected chi connectivity index (χ2v) is 8.13. The largest absolute Gasteiger partial charge is 0.352 e. The van der Waals surface area contributed by atoms with Crippen LogP contribution in [0.3, 0.4) is 0 Å². The van der Waals surface area contributed by atoms with Gasteiger partial charge in [0.2, 0.25) is 0 Å². The predicted octanol–water partition coefficient (Wildman–Crippen LogP) is 3.57. The summed E-state index contributed by atoms with van der Waals surface area (Å²) in [7, 11) is 0. The van der Waals surface area contributed by atoms with E-state index in [9.17, 15) is 4.79 Å². The van der Waals surface area contributed by atoms with Gasteiger partial charge in [-0.15, -0.1) is 0 Å². The number of aromatic nitrogens is 3. The van der Waals surface area contributed by atoms with Crippen LogP contribution < -0.4 is 10.6 Å². The minimum Gasteiger partial charge on any atom is -0.352 e. The Hall–Kier alpha value is -3.64. The summed E-state index contributed by atoms with van der Waals surface area (Å²) in [5.74, 6) is 0.910. The lowest BCUT2D eigenvalue weighted by molar-refractivity contribution is 0.0992. The van der Waals surface area contributed by atoms with Gasteiger partial charge in [0.1, 0.15) is 5.82 Å². The van der Waals surface area contributed by atoms with Crippen molar-refractivity contribution >= 4 is 22.4 Å². The lowest BCUT2D eigenvalue weighted by atomic mass is 10.0. The number of Topliss-reactive ketones (excluding diaryl/α,β-unsaturated/α-hetero) is 1. The fourth-order valence-electron chi connectivity index (χ4n) is 3.80. The molecule has 0 aliphatic carbocycles. The van der Waals surface area contributed by atoms with E-state index in [-0.39, 0.29) is 18.2 Å². The van der Waals surface area contributed by atoms with Gasteiger partial charge in [-0.25, -0.2) is 4.98 Å². The van der Waals surface area contributed by atoms with Crippen molar-refractivity contribution in [1.82, 2.24) is 15.0 Å². The Kier molecular flexibility index (Phi) is 4.92. The third kappa shape index (κ3) is 4.02. The van der Waals surface area contributed by atoms with E-state index in [1.807, 2.05) is 55.6 Å². The van der Waals surface area contributed by atoms with Crippen LogP contribution in [0.1, 0.15) is 21.6 Å². The number of carbonyl (C=O) groups excluding carboxylic acids is 1. The number of hydrogen-bond donors (Lipinski definition) is 1. The van der Waals surface area contributed by atoms with Gasteiger partial charge in [-0.1, -0.05) is 42.0 Å². The van der Waals surface area contributed by atoms with E-state index in [0.29, 0.717) is 5.56 Å². The predicted molar refractivity (Wildman–Crippen MR) is 122 cm³/mol. The average molecular weight is 409 g/mol. The number of anilines is 1. The highest BCUT2D eigenvalue weighted by molar-refractivity contribution is 5.98. The van der Waals surface area contributed by atoms with Gasteiger partial charge in [-0.3, -0.25) is 14.8 Å². The fraction of sp³-hybridized carbons (Fsp3) is 0.200. The van der Waals surface area contributed by atoms with E-state index < -0.39 is 0 Å². The molecule has 0 radical (unpaired) electrons. The monoisotopic (exact) mass is 409 g/mol. The molecule has 4 aromatic rings. The SMILES string of the molecule is Cc1ccc(C(=O)Cc2cc3cc(-c4cncc(N5CC(N)C5)n4)ccc3cn2)cc1. The summed E-state index contributed by atoms with van der Waals surface area (Å²) in [6, 6.07) is 16.0. The Bertz CT molecular complexity index is 1260. The van der Waals surface area contributed by atoms with Crippen molar-refractivity contribution in [3.63, 3.8) is 0 Å². The zero-order chi connectivity index (χ0) is 21.4. The van der Waals surface area contributed by atoms with Crippen molar-refractivity contribution in [3.8, 4) is 11.3 Å². The smallest absolute Gasteiger partial charge is 0.168 e. The second kappa shape index (κ2) is 7.89. The molecule has 3 heterocycles. The average Bonchev–Trinajstić information content (AvgIpc) is 2.77. The number of fused-ring (bicyclic) bond motifs is 1. The summed E-state index contributed by atoms with van der Waals surface area (Å²) >= 11 is 0. The molecule has 31 heavy (non-hydrogen) atoms. The van der Waals surface area contributed by atoms with Crippen molar-refractivity contribution in [2.24, 2.45) is 5.73 Å². The summed E-state index contributed by atoms with van der Waals surface area (Å²) in [6.07, 6.45) is 5.64. The quantitative estimate of drug-likeness (QED) is 0.507. The molecule has 0 atom stereocenters. The van der Waals surface area contributed by atoms with Crippen LogP contribution in [0.2, 0.25) is 0 Å². The first-order valence-corrected chi connectivity index (χ1v) is 10.4. The van der Waals surface area contributed by atoms with Crippen LogP contribution in [0.5, 0.6) is 0 Å². The number of benzene rings is 2. The first kappa shape index (κ1) is 19.3. The maximum atomic E-state index is 12.6. The molecule has 0 spiro atoms. The molecule has 1 aliphatic heterocycles. The van der Waals surface area contributed by atoms with Crippen LogP contribution in [0, 0.1) is 6.92 Å². The van der Waals surface area contributed by atoms with Crippen LogP contribution in [0.15, 0.2) is 67.1 Å². The number of pyridine rings is 1. The molecule has 0 saturated carbocycles. The van der Waals surface area contributed by atoms with Crippen molar-refractivity contribution < 1.29 is 4.79 Å². The topological polar surface area (TPSA) is 85.0 Å². The van der Waals surface area contributed by atoms with E-state index in [4.69, 9.17) is 10.7 Å². The van der Waals surface area contributed by atoms with Crippen molar-refractivity contribution in [1.29, 1.82) is 0 Å². The summed E-state index contributed by atoms with van der Waals surface area (Å²) in [4.78, 5) is 28.4. The molecule has 1 saturated heterocycles. The molecule has 1 fully saturated rings. The van der Waals surface area contributed by atoms with Gasteiger partial charge in [-0.05, 0) is 24.4 Å². The number of ketones is 1. The maximum absolute atomic E-state index is 12.6. The van der Waals surface area contributed by atoms with E-state index >= 15 is 0 Å². The van der Waals surface area contributed by atoms with Gasteiger partial charge in [0, 0.05) is 47.5 Å². The first-order chi connectivity index (χ1) is 15.0. The number of hydrogen-bond acceptors (Lipinski definition) is 6. The fourth-order valence-corrected chi connectivity index (χ4v) is 3.80. The number of rotatable bonds is 5. The summed E-state index contributed by atoms with van der Waals surface area (Å²) in [5.41, 5.74) is 10.3. The molecule has 2 aromatic carbocycles. The van der Waals surface area contributed by atoms with Crippen LogP contribution >= 0.6 is 0 Å². The van der Waals surface area contributed by atoms with E-state index in [1.54, 1.807) is 12.4 Å². The van der Waals surface area contributed by atoms with Gasteiger partial charge in [0.25, 0.3) is 0 Å². The Labute approximate surface area is 180 Å². The van der Waals surface area contributed by atoms with Crippen molar-refractivity contribution in [2.75, 3.05) is 18.0 Å². The molecule has 2 aromatic heterocycles. The van der Waals surface area contributed by atoms with Crippen LogP contribution in [-0.4, -0.2) is 39.9 Å². The number of nitrogens with two attached hydrogens (primary N) is 1.